The Morgan fingerprint density at radius 2 is 1.97 bits per heavy atom. The molecular formula is C28H32N2O6. The second-order valence-electron chi connectivity index (χ2n) is 8.85. The summed E-state index contributed by atoms with van der Waals surface area (Å²) < 4.78 is 16.8. The van der Waals surface area contributed by atoms with Crippen molar-refractivity contribution >= 4 is 11.9 Å². The molecule has 1 aliphatic rings. The van der Waals surface area contributed by atoms with Crippen LogP contribution in [-0.2, 0) is 33.7 Å². The van der Waals surface area contributed by atoms with Crippen LogP contribution in [0.3, 0.4) is 0 Å². The van der Waals surface area contributed by atoms with E-state index in [1.807, 2.05) is 60.4 Å². The number of benzene rings is 2. The third-order valence-corrected chi connectivity index (χ3v) is 6.34. The highest BCUT2D eigenvalue weighted by molar-refractivity contribution is 5.74. The van der Waals surface area contributed by atoms with Gasteiger partial charge in [0.15, 0.2) is 0 Å². The number of esters is 1. The molecule has 2 aromatic carbocycles. The first kappa shape index (κ1) is 25.4. The Morgan fingerprint density at radius 3 is 2.72 bits per heavy atom. The number of rotatable bonds is 11. The molecule has 0 unspecified atom stereocenters. The van der Waals surface area contributed by atoms with Crippen molar-refractivity contribution in [1.29, 1.82) is 0 Å². The minimum atomic E-state index is -0.852. The van der Waals surface area contributed by atoms with E-state index in [4.69, 9.17) is 13.9 Å². The summed E-state index contributed by atoms with van der Waals surface area (Å²) >= 11 is 0. The largest absolute Gasteiger partial charge is 0.493 e. The molecule has 0 aliphatic carbocycles. The van der Waals surface area contributed by atoms with Gasteiger partial charge in [-0.25, -0.2) is 4.98 Å². The fourth-order valence-electron chi connectivity index (χ4n) is 4.47. The minimum Gasteiger partial charge on any atom is -0.493 e. The number of aliphatic carboxylic acids is 1. The van der Waals surface area contributed by atoms with Gasteiger partial charge in [-0.3, -0.25) is 14.5 Å². The third-order valence-electron chi connectivity index (χ3n) is 6.34. The zero-order valence-corrected chi connectivity index (χ0v) is 20.7. The van der Waals surface area contributed by atoms with Crippen LogP contribution in [0, 0.1) is 6.92 Å². The van der Waals surface area contributed by atoms with Crippen LogP contribution in [0.25, 0.3) is 11.5 Å². The summed E-state index contributed by atoms with van der Waals surface area (Å²) in [6, 6.07) is 15.0. The van der Waals surface area contributed by atoms with Gasteiger partial charge in [0.05, 0.1) is 18.9 Å². The van der Waals surface area contributed by atoms with Crippen LogP contribution < -0.4 is 4.74 Å². The summed E-state index contributed by atoms with van der Waals surface area (Å²) in [6.07, 6.45) is 1.86. The van der Waals surface area contributed by atoms with Crippen molar-refractivity contribution in [2.45, 2.75) is 52.1 Å². The summed E-state index contributed by atoms with van der Waals surface area (Å²) in [4.78, 5) is 30.1. The Bertz CT molecular complexity index is 1190. The molecule has 0 fully saturated rings. The zero-order valence-electron chi connectivity index (χ0n) is 20.7. The van der Waals surface area contributed by atoms with Crippen molar-refractivity contribution in [2.24, 2.45) is 0 Å². The van der Waals surface area contributed by atoms with Gasteiger partial charge in [-0.1, -0.05) is 24.3 Å². The van der Waals surface area contributed by atoms with Crippen LogP contribution >= 0.6 is 0 Å². The molecule has 0 amide bonds. The van der Waals surface area contributed by atoms with Crippen molar-refractivity contribution in [1.82, 2.24) is 9.88 Å². The van der Waals surface area contributed by atoms with E-state index >= 15 is 0 Å². The van der Waals surface area contributed by atoms with E-state index in [-0.39, 0.29) is 12.4 Å². The molecule has 2 heterocycles. The SMILES string of the molecule is CCOC(=O)CCCN1Cc2cc(OCCc3nc(-c4ccccc4)oc3C)ccc2C[C@H]1C(=O)O. The topological polar surface area (TPSA) is 102 Å². The van der Waals surface area contributed by atoms with Crippen LogP contribution in [0.15, 0.2) is 52.9 Å². The molecule has 8 nitrogen and oxygen atoms in total. The standard InChI is InChI=1S/C28H32N2O6/c1-3-34-26(31)10-7-14-30-18-22-16-23(12-11-21(22)17-25(30)28(32)33)35-15-13-24-19(2)36-27(29-24)20-8-5-4-6-9-20/h4-6,8-9,11-12,16,25H,3,7,10,13-15,17-18H2,1-2H3,(H,32,33)/t25-/m0/s1. The molecular weight excluding hydrogens is 460 g/mol. The van der Waals surface area contributed by atoms with E-state index in [1.54, 1.807) is 6.92 Å². The van der Waals surface area contributed by atoms with Crippen LogP contribution in [-0.4, -0.2) is 52.7 Å². The van der Waals surface area contributed by atoms with Crippen molar-refractivity contribution in [2.75, 3.05) is 19.8 Å². The van der Waals surface area contributed by atoms with Gasteiger partial charge in [-0.15, -0.1) is 0 Å². The molecule has 1 aromatic heterocycles. The summed E-state index contributed by atoms with van der Waals surface area (Å²) in [6.45, 7) is 5.48. The highest BCUT2D eigenvalue weighted by Gasteiger charge is 2.31. The van der Waals surface area contributed by atoms with Crippen molar-refractivity contribution in [3.05, 3.63) is 71.1 Å². The van der Waals surface area contributed by atoms with Gasteiger partial charge in [-0.2, -0.15) is 0 Å². The van der Waals surface area contributed by atoms with Crippen molar-refractivity contribution < 1.29 is 28.6 Å². The van der Waals surface area contributed by atoms with Gasteiger partial charge in [0.2, 0.25) is 5.89 Å². The summed E-state index contributed by atoms with van der Waals surface area (Å²) in [5.41, 5.74) is 3.86. The number of carbonyl (C=O) groups excluding carboxylic acids is 1. The maximum Gasteiger partial charge on any atom is 0.321 e. The highest BCUT2D eigenvalue weighted by atomic mass is 16.5. The van der Waals surface area contributed by atoms with E-state index in [0.29, 0.717) is 51.5 Å². The number of carbonyl (C=O) groups is 2. The molecule has 1 aliphatic heterocycles. The Balaban J connectivity index is 1.36. The number of oxazole rings is 1. The Kier molecular flexibility index (Phi) is 8.38. The molecule has 3 aromatic rings. The average molecular weight is 493 g/mol. The predicted octanol–water partition coefficient (Wildman–Crippen LogP) is 4.43. The van der Waals surface area contributed by atoms with E-state index in [2.05, 4.69) is 4.98 Å². The van der Waals surface area contributed by atoms with Crippen molar-refractivity contribution in [3.63, 3.8) is 0 Å². The molecule has 0 radical (unpaired) electrons. The number of hydrogen-bond donors (Lipinski definition) is 1. The van der Waals surface area contributed by atoms with Crippen molar-refractivity contribution in [3.8, 4) is 17.2 Å². The summed E-state index contributed by atoms with van der Waals surface area (Å²) in [7, 11) is 0. The second kappa shape index (κ2) is 11.9. The first-order valence-electron chi connectivity index (χ1n) is 12.3. The van der Waals surface area contributed by atoms with Gasteiger partial charge in [-0.05, 0) is 68.6 Å². The molecule has 8 heteroatoms. The lowest BCUT2D eigenvalue weighted by Gasteiger charge is -2.34. The molecule has 0 spiro atoms. The van der Waals surface area contributed by atoms with Crippen LogP contribution in [0.1, 0.15) is 42.3 Å². The lowest BCUT2D eigenvalue weighted by molar-refractivity contribution is -0.144. The second-order valence-corrected chi connectivity index (χ2v) is 8.85. The number of fused-ring (bicyclic) bond motifs is 1. The van der Waals surface area contributed by atoms with Crippen LogP contribution in [0.4, 0.5) is 0 Å². The average Bonchev–Trinajstić information content (AvgIpc) is 3.24. The summed E-state index contributed by atoms with van der Waals surface area (Å²) in [5.74, 6) is 1.01. The van der Waals surface area contributed by atoms with Gasteiger partial charge >= 0.3 is 11.9 Å². The number of hydrogen-bond acceptors (Lipinski definition) is 7. The number of carboxylic acids is 1. The number of aryl methyl sites for hydroxylation is 1. The lowest BCUT2D eigenvalue weighted by Crippen LogP contribution is -2.46. The van der Waals surface area contributed by atoms with E-state index < -0.39 is 12.0 Å². The van der Waals surface area contributed by atoms with Crippen LogP contribution in [0.5, 0.6) is 5.75 Å². The molecule has 0 bridgehead atoms. The predicted molar refractivity (Wildman–Crippen MR) is 134 cm³/mol. The quantitative estimate of drug-likeness (QED) is 0.392. The molecule has 4 rings (SSSR count). The van der Waals surface area contributed by atoms with E-state index in [9.17, 15) is 14.7 Å². The fraction of sp³-hybridized carbons (Fsp3) is 0.393. The third kappa shape index (κ3) is 6.31. The van der Waals surface area contributed by atoms with Gasteiger partial charge in [0.1, 0.15) is 17.6 Å². The first-order chi connectivity index (χ1) is 17.4. The normalized spacial score (nSPS) is 15.3. The smallest absolute Gasteiger partial charge is 0.321 e. The lowest BCUT2D eigenvalue weighted by atomic mass is 9.93. The first-order valence-corrected chi connectivity index (χ1v) is 12.3. The van der Waals surface area contributed by atoms with E-state index in [0.717, 1.165) is 33.9 Å². The Morgan fingerprint density at radius 1 is 1.17 bits per heavy atom. The van der Waals surface area contributed by atoms with Gasteiger partial charge in [0, 0.05) is 24.9 Å². The Labute approximate surface area is 210 Å². The van der Waals surface area contributed by atoms with Gasteiger partial charge < -0.3 is 19.0 Å². The number of carboxylic acid groups (broad SMARTS) is 1. The molecule has 1 N–H and O–H groups in total. The molecule has 0 saturated heterocycles. The summed E-state index contributed by atoms with van der Waals surface area (Å²) in [5, 5.41) is 9.73. The molecule has 0 saturated carbocycles. The highest BCUT2D eigenvalue weighted by Crippen LogP contribution is 2.28. The zero-order chi connectivity index (χ0) is 25.5. The fourth-order valence-corrected chi connectivity index (χ4v) is 4.47. The maximum atomic E-state index is 11.9. The monoisotopic (exact) mass is 492 g/mol. The molecule has 1 atom stereocenters. The van der Waals surface area contributed by atoms with E-state index in [1.165, 1.54) is 0 Å². The molecule has 190 valence electrons. The number of aromatic nitrogens is 1. The van der Waals surface area contributed by atoms with Crippen LogP contribution in [0.2, 0.25) is 0 Å². The number of ether oxygens (including phenoxy) is 2. The Hall–Kier alpha value is -3.65. The minimum absolute atomic E-state index is 0.254. The molecule has 36 heavy (non-hydrogen) atoms. The maximum absolute atomic E-state index is 11.9. The van der Waals surface area contributed by atoms with Gasteiger partial charge in [0.25, 0.3) is 0 Å². The number of nitrogens with zero attached hydrogens (tertiary/aromatic N) is 2.